The molecule has 0 aromatic carbocycles. The molecule has 1 aliphatic rings. The number of aliphatic carboxylic acids is 1. The third-order valence-corrected chi connectivity index (χ3v) is 3.26. The molecule has 0 bridgehead atoms. The molecule has 0 amide bonds. The molecule has 88 valence electrons. The molecule has 15 heavy (non-hydrogen) atoms. The van der Waals surface area contributed by atoms with Gasteiger partial charge in [-0.05, 0) is 33.2 Å². The van der Waals surface area contributed by atoms with E-state index < -0.39 is 5.97 Å². The van der Waals surface area contributed by atoms with E-state index in [9.17, 15) is 4.79 Å². The van der Waals surface area contributed by atoms with Gasteiger partial charge in [0.1, 0.15) is 0 Å². The van der Waals surface area contributed by atoms with Gasteiger partial charge in [-0.3, -0.25) is 9.69 Å². The number of ether oxygens (including phenoxy) is 1. The van der Waals surface area contributed by atoms with Crippen molar-refractivity contribution < 1.29 is 14.6 Å². The molecule has 0 saturated carbocycles. The number of likely N-dealkylation sites (tertiary alicyclic amines) is 1. The summed E-state index contributed by atoms with van der Waals surface area (Å²) >= 11 is 0. The Bertz CT molecular complexity index is 228. The minimum Gasteiger partial charge on any atom is -0.481 e. The molecule has 1 fully saturated rings. The summed E-state index contributed by atoms with van der Waals surface area (Å²) in [5.41, 5.74) is -0.0279. The maximum atomic E-state index is 10.9. The second kappa shape index (κ2) is 4.94. The highest BCUT2D eigenvalue weighted by atomic mass is 16.5. The summed E-state index contributed by atoms with van der Waals surface area (Å²) < 4.78 is 5.05. The maximum absolute atomic E-state index is 10.9. The summed E-state index contributed by atoms with van der Waals surface area (Å²) in [5.74, 6) is -0.840. The molecular weight excluding hydrogens is 194 g/mol. The van der Waals surface area contributed by atoms with Crippen LogP contribution in [0.1, 0.15) is 26.7 Å². The van der Waals surface area contributed by atoms with E-state index in [0.717, 1.165) is 25.9 Å². The van der Waals surface area contributed by atoms with Crippen molar-refractivity contribution in [2.24, 2.45) is 5.92 Å². The normalized spacial score (nSPS) is 26.5. The first kappa shape index (κ1) is 12.5. The molecule has 4 nitrogen and oxygen atoms in total. The molecule has 1 atom stereocenters. The Morgan fingerprint density at radius 3 is 2.73 bits per heavy atom. The summed E-state index contributed by atoms with van der Waals surface area (Å²) in [6.45, 7) is 6.67. The van der Waals surface area contributed by atoms with Gasteiger partial charge in [0.05, 0.1) is 12.5 Å². The van der Waals surface area contributed by atoms with Crippen molar-refractivity contribution in [3.05, 3.63) is 0 Å². The molecule has 1 N–H and O–H groups in total. The average Bonchev–Trinajstić information content (AvgIpc) is 2.14. The van der Waals surface area contributed by atoms with Crippen molar-refractivity contribution in [2.45, 2.75) is 32.2 Å². The van der Waals surface area contributed by atoms with Gasteiger partial charge in [-0.2, -0.15) is 0 Å². The molecule has 0 aromatic rings. The van der Waals surface area contributed by atoms with E-state index in [1.54, 1.807) is 7.11 Å². The van der Waals surface area contributed by atoms with Crippen LogP contribution in [0.25, 0.3) is 0 Å². The zero-order valence-corrected chi connectivity index (χ0v) is 9.82. The highest BCUT2D eigenvalue weighted by Crippen LogP contribution is 2.31. The number of methoxy groups -OCH3 is 1. The van der Waals surface area contributed by atoms with Crippen molar-refractivity contribution in [1.82, 2.24) is 4.90 Å². The first-order chi connectivity index (χ1) is 6.97. The van der Waals surface area contributed by atoms with Crippen molar-refractivity contribution in [3.8, 4) is 0 Å². The molecule has 1 rings (SSSR count). The van der Waals surface area contributed by atoms with Gasteiger partial charge in [0.25, 0.3) is 0 Å². The fraction of sp³-hybridized carbons (Fsp3) is 0.909. The molecule has 0 aliphatic carbocycles. The van der Waals surface area contributed by atoms with Crippen LogP contribution >= 0.6 is 0 Å². The number of carboxylic acid groups (broad SMARTS) is 1. The van der Waals surface area contributed by atoms with E-state index in [4.69, 9.17) is 9.84 Å². The third kappa shape index (κ3) is 3.18. The van der Waals surface area contributed by atoms with Gasteiger partial charge in [-0.1, -0.05) is 0 Å². The summed E-state index contributed by atoms with van der Waals surface area (Å²) in [4.78, 5) is 13.2. The first-order valence-electron chi connectivity index (χ1n) is 5.44. The number of rotatable bonds is 4. The first-order valence-corrected chi connectivity index (χ1v) is 5.44. The summed E-state index contributed by atoms with van der Waals surface area (Å²) in [7, 11) is 1.69. The zero-order chi connectivity index (χ0) is 11.5. The SMILES string of the molecule is COCCN1CCC(C(=O)O)CC1(C)C. The number of hydrogen-bond acceptors (Lipinski definition) is 3. The van der Waals surface area contributed by atoms with E-state index in [0.29, 0.717) is 6.61 Å². The van der Waals surface area contributed by atoms with Crippen molar-refractivity contribution >= 4 is 5.97 Å². The summed E-state index contributed by atoms with van der Waals surface area (Å²) in [6, 6.07) is 0. The van der Waals surface area contributed by atoms with Gasteiger partial charge >= 0.3 is 5.97 Å². The van der Waals surface area contributed by atoms with Crippen molar-refractivity contribution in [2.75, 3.05) is 26.8 Å². The van der Waals surface area contributed by atoms with Crippen LogP contribution in [0.3, 0.4) is 0 Å². The zero-order valence-electron chi connectivity index (χ0n) is 9.82. The van der Waals surface area contributed by atoms with Gasteiger partial charge in [0.2, 0.25) is 0 Å². The molecule has 0 aromatic heterocycles. The van der Waals surface area contributed by atoms with Gasteiger partial charge in [0, 0.05) is 19.2 Å². The van der Waals surface area contributed by atoms with Gasteiger partial charge in [0.15, 0.2) is 0 Å². The maximum Gasteiger partial charge on any atom is 0.306 e. The Labute approximate surface area is 91.2 Å². The second-order valence-corrected chi connectivity index (χ2v) is 4.82. The largest absolute Gasteiger partial charge is 0.481 e. The number of nitrogens with zero attached hydrogens (tertiary/aromatic N) is 1. The number of carboxylic acids is 1. The van der Waals surface area contributed by atoms with Crippen LogP contribution in [0.15, 0.2) is 0 Å². The van der Waals surface area contributed by atoms with Crippen LogP contribution in [-0.4, -0.2) is 48.3 Å². The monoisotopic (exact) mass is 215 g/mol. The third-order valence-electron chi connectivity index (χ3n) is 3.26. The molecule has 1 aliphatic heterocycles. The molecule has 1 unspecified atom stereocenters. The standard InChI is InChI=1S/C11H21NO3/c1-11(2)8-9(10(13)14)4-5-12(11)6-7-15-3/h9H,4-8H2,1-3H3,(H,13,14). The Balaban J connectivity index is 2.54. The summed E-state index contributed by atoms with van der Waals surface area (Å²) in [6.07, 6.45) is 1.48. The van der Waals surface area contributed by atoms with Crippen LogP contribution in [0.5, 0.6) is 0 Å². The highest BCUT2D eigenvalue weighted by Gasteiger charge is 2.37. The van der Waals surface area contributed by atoms with Crippen LogP contribution in [0, 0.1) is 5.92 Å². The number of hydrogen-bond donors (Lipinski definition) is 1. The quantitative estimate of drug-likeness (QED) is 0.765. The lowest BCUT2D eigenvalue weighted by atomic mass is 9.83. The lowest BCUT2D eigenvalue weighted by Gasteiger charge is -2.44. The average molecular weight is 215 g/mol. The van der Waals surface area contributed by atoms with Crippen LogP contribution < -0.4 is 0 Å². The predicted octanol–water partition coefficient (Wildman–Crippen LogP) is 1.21. The number of carbonyl (C=O) groups is 1. The van der Waals surface area contributed by atoms with Gasteiger partial charge < -0.3 is 9.84 Å². The minimum atomic E-state index is -0.658. The van der Waals surface area contributed by atoms with E-state index >= 15 is 0 Å². The fourth-order valence-electron chi connectivity index (χ4n) is 2.28. The fourth-order valence-corrected chi connectivity index (χ4v) is 2.28. The van der Waals surface area contributed by atoms with E-state index in [1.807, 2.05) is 0 Å². The number of piperidine rings is 1. The molecular formula is C11H21NO3. The molecule has 0 radical (unpaired) electrons. The van der Waals surface area contributed by atoms with Crippen LogP contribution in [0.4, 0.5) is 0 Å². The topological polar surface area (TPSA) is 49.8 Å². The Morgan fingerprint density at radius 2 is 2.27 bits per heavy atom. The van der Waals surface area contributed by atoms with Crippen molar-refractivity contribution in [3.63, 3.8) is 0 Å². The van der Waals surface area contributed by atoms with Crippen LogP contribution in [0.2, 0.25) is 0 Å². The Morgan fingerprint density at radius 1 is 1.60 bits per heavy atom. The van der Waals surface area contributed by atoms with E-state index in [-0.39, 0.29) is 11.5 Å². The smallest absolute Gasteiger partial charge is 0.306 e. The predicted molar refractivity (Wildman–Crippen MR) is 57.9 cm³/mol. The van der Waals surface area contributed by atoms with Crippen LogP contribution in [-0.2, 0) is 9.53 Å². The lowest BCUT2D eigenvalue weighted by Crippen LogP contribution is -2.52. The molecule has 1 heterocycles. The lowest BCUT2D eigenvalue weighted by molar-refractivity contribution is -0.145. The van der Waals surface area contributed by atoms with Gasteiger partial charge in [-0.25, -0.2) is 0 Å². The van der Waals surface area contributed by atoms with E-state index in [1.165, 1.54) is 0 Å². The second-order valence-electron chi connectivity index (χ2n) is 4.82. The summed E-state index contributed by atoms with van der Waals surface area (Å²) in [5, 5.41) is 8.99. The minimum absolute atomic E-state index is 0.0279. The van der Waals surface area contributed by atoms with Gasteiger partial charge in [-0.15, -0.1) is 0 Å². The Hall–Kier alpha value is -0.610. The molecule has 1 saturated heterocycles. The molecule has 4 heteroatoms. The van der Waals surface area contributed by atoms with E-state index in [2.05, 4.69) is 18.7 Å². The molecule has 0 spiro atoms. The Kier molecular flexibility index (Phi) is 4.11. The van der Waals surface area contributed by atoms with Crippen molar-refractivity contribution in [1.29, 1.82) is 0 Å². The highest BCUT2D eigenvalue weighted by molar-refractivity contribution is 5.70.